The van der Waals surface area contributed by atoms with Gasteiger partial charge in [0.05, 0.1) is 32.5 Å². The maximum atomic E-state index is 13.5. The maximum absolute atomic E-state index is 13.5. The number of nitrogens with one attached hydrogen (secondary N) is 1. The first kappa shape index (κ1) is 35.2. The largest absolute Gasteiger partial charge is 0.450 e. The molecule has 0 saturated carbocycles. The van der Waals surface area contributed by atoms with E-state index in [2.05, 4.69) is 25.0 Å². The van der Waals surface area contributed by atoms with Crippen LogP contribution >= 0.6 is 0 Å². The van der Waals surface area contributed by atoms with Crippen molar-refractivity contribution in [3.8, 4) is 0 Å². The molecule has 2 amide bonds. The highest BCUT2D eigenvalue weighted by Gasteiger charge is 2.46. The molecule has 4 rings (SSSR count). The number of carbonyl (C=O) groups is 2. The highest BCUT2D eigenvalue weighted by atomic mass is 28.3. The van der Waals surface area contributed by atoms with E-state index in [4.69, 9.17) is 23.7 Å². The maximum Gasteiger partial charge on any atom is 0.412 e. The molecule has 0 unspecified atom stereocenters. The van der Waals surface area contributed by atoms with Crippen molar-refractivity contribution >= 4 is 20.3 Å². The van der Waals surface area contributed by atoms with Crippen molar-refractivity contribution in [2.75, 3.05) is 13.2 Å². The van der Waals surface area contributed by atoms with E-state index in [0.717, 1.165) is 22.7 Å². The molecule has 0 spiro atoms. The fraction of sp³-hybridized carbons (Fsp3) is 0.444. The van der Waals surface area contributed by atoms with Crippen LogP contribution in [0.4, 0.5) is 9.59 Å². The Morgan fingerprint density at radius 1 is 0.826 bits per heavy atom. The Morgan fingerprint density at radius 3 is 1.89 bits per heavy atom. The second kappa shape index (κ2) is 16.7. The van der Waals surface area contributed by atoms with E-state index in [1.807, 2.05) is 105 Å². The molecule has 0 aromatic heterocycles. The van der Waals surface area contributed by atoms with E-state index < -0.39 is 44.4 Å². The topological polar surface area (TPSA) is 95.6 Å². The minimum Gasteiger partial charge on any atom is -0.450 e. The van der Waals surface area contributed by atoms with Gasteiger partial charge < -0.3 is 23.7 Å². The number of hydrogen-bond donors (Lipinski definition) is 1. The van der Waals surface area contributed by atoms with Gasteiger partial charge in [-0.05, 0) is 36.6 Å². The summed E-state index contributed by atoms with van der Waals surface area (Å²) in [5.41, 5.74) is 1.89. The van der Waals surface area contributed by atoms with Crippen LogP contribution in [0.3, 0.4) is 0 Å². The Morgan fingerprint density at radius 2 is 1.35 bits per heavy atom. The number of ether oxygens (including phenoxy) is 5. The van der Waals surface area contributed by atoms with Gasteiger partial charge in [0.2, 0.25) is 0 Å². The second-order valence-corrected chi connectivity index (χ2v) is 18.8. The van der Waals surface area contributed by atoms with Crippen LogP contribution in [-0.4, -0.2) is 62.5 Å². The lowest BCUT2D eigenvalue weighted by Crippen LogP contribution is -2.52. The Kier molecular flexibility index (Phi) is 12.8. The van der Waals surface area contributed by atoms with E-state index in [1.54, 1.807) is 4.90 Å². The van der Waals surface area contributed by atoms with Crippen molar-refractivity contribution in [2.45, 2.75) is 89.9 Å². The van der Waals surface area contributed by atoms with Crippen LogP contribution in [0.2, 0.25) is 25.7 Å². The van der Waals surface area contributed by atoms with Crippen molar-refractivity contribution < 1.29 is 33.3 Å². The number of amides is 2. The lowest BCUT2D eigenvalue weighted by Gasteiger charge is -2.35. The van der Waals surface area contributed by atoms with Gasteiger partial charge in [-0.1, -0.05) is 111 Å². The molecule has 1 aliphatic rings. The van der Waals surface area contributed by atoms with E-state index in [0.29, 0.717) is 13.0 Å². The zero-order valence-electron chi connectivity index (χ0n) is 27.6. The fourth-order valence-electron chi connectivity index (χ4n) is 5.15. The Hall–Kier alpha value is -3.70. The summed E-state index contributed by atoms with van der Waals surface area (Å²) in [5.74, 6) is 0. The molecule has 1 saturated heterocycles. The SMILES string of the molecule is CC1(C)OC[C@H](C[C@@H](OCc2ccccc2)[C@H](NC(=O)OCC[Si](C)(C)C)OCc2ccccc2)N1C(=O)OCc1ccccc1. The van der Waals surface area contributed by atoms with Gasteiger partial charge in [-0.2, -0.15) is 0 Å². The molecule has 3 atom stereocenters. The number of carbonyl (C=O) groups excluding carboxylic acids is 2. The molecule has 248 valence electrons. The predicted octanol–water partition coefficient (Wildman–Crippen LogP) is 7.34. The number of hydrogen-bond acceptors (Lipinski definition) is 7. The van der Waals surface area contributed by atoms with Crippen LogP contribution in [0, 0.1) is 0 Å². The summed E-state index contributed by atoms with van der Waals surface area (Å²) in [4.78, 5) is 28.2. The fourth-order valence-corrected chi connectivity index (χ4v) is 5.86. The molecule has 1 fully saturated rings. The zero-order valence-corrected chi connectivity index (χ0v) is 28.6. The first-order chi connectivity index (χ1) is 22.0. The second-order valence-electron chi connectivity index (χ2n) is 13.2. The average molecular weight is 649 g/mol. The first-order valence-corrected chi connectivity index (χ1v) is 19.6. The van der Waals surface area contributed by atoms with E-state index >= 15 is 0 Å². The number of benzene rings is 3. The summed E-state index contributed by atoms with van der Waals surface area (Å²) in [6, 6.07) is 29.5. The normalized spacial score (nSPS) is 17.2. The summed E-state index contributed by atoms with van der Waals surface area (Å²) < 4.78 is 30.3. The monoisotopic (exact) mass is 648 g/mol. The van der Waals surface area contributed by atoms with Crippen LogP contribution in [0.1, 0.15) is 37.0 Å². The highest BCUT2D eigenvalue weighted by Crippen LogP contribution is 2.32. The van der Waals surface area contributed by atoms with Gasteiger partial charge in [-0.3, -0.25) is 10.2 Å². The Labute approximate surface area is 274 Å². The summed E-state index contributed by atoms with van der Waals surface area (Å²) >= 11 is 0. The minimum absolute atomic E-state index is 0.139. The van der Waals surface area contributed by atoms with Gasteiger partial charge in [0.15, 0.2) is 6.23 Å². The van der Waals surface area contributed by atoms with Crippen molar-refractivity contribution in [2.24, 2.45) is 0 Å². The van der Waals surface area contributed by atoms with Crippen LogP contribution in [0.25, 0.3) is 0 Å². The van der Waals surface area contributed by atoms with Crippen molar-refractivity contribution in [3.63, 3.8) is 0 Å². The molecular formula is C36H48N2O7Si. The molecule has 1 heterocycles. The molecule has 1 N–H and O–H groups in total. The zero-order chi connectivity index (χ0) is 33.0. The quantitative estimate of drug-likeness (QED) is 0.136. The number of rotatable bonds is 15. The first-order valence-electron chi connectivity index (χ1n) is 15.9. The van der Waals surface area contributed by atoms with E-state index in [9.17, 15) is 9.59 Å². The average Bonchev–Trinajstić information content (AvgIpc) is 3.34. The van der Waals surface area contributed by atoms with Gasteiger partial charge in [-0.25, -0.2) is 9.59 Å². The van der Waals surface area contributed by atoms with Crippen molar-refractivity contribution in [3.05, 3.63) is 108 Å². The van der Waals surface area contributed by atoms with Crippen LogP contribution in [0.5, 0.6) is 0 Å². The predicted molar refractivity (Wildman–Crippen MR) is 180 cm³/mol. The molecular weight excluding hydrogens is 600 g/mol. The summed E-state index contributed by atoms with van der Waals surface area (Å²) in [7, 11) is -1.41. The molecule has 3 aromatic carbocycles. The number of alkyl carbamates (subject to hydrolysis) is 1. The molecule has 1 aliphatic heterocycles. The summed E-state index contributed by atoms with van der Waals surface area (Å²) in [6.45, 7) is 11.6. The Balaban J connectivity index is 1.55. The number of nitrogens with zero attached hydrogens (tertiary/aromatic N) is 1. The smallest absolute Gasteiger partial charge is 0.412 e. The summed E-state index contributed by atoms with van der Waals surface area (Å²) in [6.07, 6.45) is -2.30. The third-order valence-corrected chi connectivity index (χ3v) is 9.45. The molecule has 10 heteroatoms. The highest BCUT2D eigenvalue weighted by molar-refractivity contribution is 6.76. The van der Waals surface area contributed by atoms with E-state index in [-0.39, 0.29) is 26.4 Å². The lowest BCUT2D eigenvalue weighted by molar-refractivity contribution is -0.107. The van der Waals surface area contributed by atoms with Crippen LogP contribution < -0.4 is 5.32 Å². The van der Waals surface area contributed by atoms with E-state index in [1.165, 1.54) is 0 Å². The molecule has 0 bridgehead atoms. The Bertz CT molecular complexity index is 1350. The van der Waals surface area contributed by atoms with Crippen molar-refractivity contribution in [1.29, 1.82) is 0 Å². The summed E-state index contributed by atoms with van der Waals surface area (Å²) in [5, 5.41) is 2.93. The van der Waals surface area contributed by atoms with Crippen LogP contribution in [-0.2, 0) is 43.5 Å². The third kappa shape index (κ3) is 11.3. The molecule has 3 aromatic rings. The molecule has 0 radical (unpaired) electrons. The van der Waals surface area contributed by atoms with Gasteiger partial charge in [-0.15, -0.1) is 0 Å². The lowest BCUT2D eigenvalue weighted by atomic mass is 10.1. The minimum atomic E-state index is -1.41. The van der Waals surface area contributed by atoms with Crippen molar-refractivity contribution in [1.82, 2.24) is 10.2 Å². The van der Waals surface area contributed by atoms with Crippen LogP contribution in [0.15, 0.2) is 91.0 Å². The van der Waals surface area contributed by atoms with Gasteiger partial charge >= 0.3 is 12.2 Å². The van der Waals surface area contributed by atoms with Gasteiger partial charge in [0.25, 0.3) is 0 Å². The molecule has 9 nitrogen and oxygen atoms in total. The molecule has 0 aliphatic carbocycles. The molecule has 46 heavy (non-hydrogen) atoms. The third-order valence-electron chi connectivity index (χ3n) is 7.74. The standard InChI is InChI=1S/C36H48N2O7Si/c1-36(2)38(35(40)44-26-30-19-13-8-14-20-30)31(27-45-36)23-32(42-24-28-15-9-6-10-16-28)33(43-25-29-17-11-7-12-18-29)37-34(39)41-21-22-46(3,4)5/h6-20,31-33H,21-27H2,1-5H3,(H,37,39)/t31-,32+,33+/m0/s1. The van der Waals surface area contributed by atoms with Gasteiger partial charge in [0, 0.05) is 14.5 Å². The van der Waals surface area contributed by atoms with Gasteiger partial charge in [0.1, 0.15) is 18.4 Å².